The molecular weight excluding hydrogens is 546 g/mol. The van der Waals surface area contributed by atoms with Gasteiger partial charge in [-0.3, -0.25) is 9.10 Å². The first kappa shape index (κ1) is 29.4. The summed E-state index contributed by atoms with van der Waals surface area (Å²) in [4.78, 5) is 25.0. The van der Waals surface area contributed by atoms with E-state index in [0.29, 0.717) is 5.75 Å². The molecule has 13 heteroatoms. The maximum atomic E-state index is 13.5. The number of carbonyl (C=O) groups is 2. The average molecular weight is 574 g/mol. The number of primary sulfonamides is 1. The van der Waals surface area contributed by atoms with Gasteiger partial charge in [-0.25, -0.2) is 26.8 Å². The lowest BCUT2D eigenvalue weighted by atomic mass is 10.2. The molecule has 3 rings (SSSR count). The number of hydrogen-bond acceptors (Lipinski definition) is 8. The van der Waals surface area contributed by atoms with Crippen LogP contribution in [0.3, 0.4) is 0 Å². The van der Waals surface area contributed by atoms with Gasteiger partial charge in [-0.15, -0.1) is 6.58 Å². The van der Waals surface area contributed by atoms with Gasteiger partial charge in [0, 0.05) is 5.69 Å². The standard InChI is InChI=1S/C26H27N3O8S2/c1-4-16-29(23-10-5-6-11-24(23)36-3)39(34,35)22-9-7-8-19(17-22)26(31)37-18(2)25(30)28-20-12-14-21(15-13-20)38(27,32)33/h4-15,17-18H,1,16H2,2-3H3,(H,28,30)(H2,27,32,33). The summed E-state index contributed by atoms with van der Waals surface area (Å²) in [6.07, 6.45) is 0.159. The Morgan fingerprint density at radius 2 is 1.67 bits per heavy atom. The number of sulfonamides is 2. The Morgan fingerprint density at radius 3 is 2.28 bits per heavy atom. The van der Waals surface area contributed by atoms with Gasteiger partial charge in [0.2, 0.25) is 10.0 Å². The molecule has 0 aliphatic carbocycles. The number of ether oxygens (including phenoxy) is 2. The molecule has 0 spiro atoms. The summed E-state index contributed by atoms with van der Waals surface area (Å²) < 4.78 is 61.5. The highest BCUT2D eigenvalue weighted by Gasteiger charge is 2.28. The fraction of sp³-hybridized carbons (Fsp3) is 0.154. The number of hydrogen-bond donors (Lipinski definition) is 2. The number of nitrogens with one attached hydrogen (secondary N) is 1. The van der Waals surface area contributed by atoms with Crippen LogP contribution in [0.15, 0.2) is 95.2 Å². The zero-order valence-corrected chi connectivity index (χ0v) is 22.7. The second-order valence-electron chi connectivity index (χ2n) is 8.13. The van der Waals surface area contributed by atoms with E-state index in [1.807, 2.05) is 0 Å². The van der Waals surface area contributed by atoms with Gasteiger partial charge >= 0.3 is 5.97 Å². The van der Waals surface area contributed by atoms with Crippen molar-refractivity contribution in [1.29, 1.82) is 0 Å². The highest BCUT2D eigenvalue weighted by Crippen LogP contribution is 2.32. The molecule has 0 heterocycles. The molecular formula is C26H27N3O8S2. The Morgan fingerprint density at radius 1 is 1.00 bits per heavy atom. The number of nitrogens with two attached hydrogens (primary N) is 1. The zero-order chi connectivity index (χ0) is 28.8. The summed E-state index contributed by atoms with van der Waals surface area (Å²) in [5.41, 5.74) is 0.448. The van der Waals surface area contributed by atoms with E-state index in [9.17, 15) is 26.4 Å². The van der Waals surface area contributed by atoms with Gasteiger partial charge in [0.15, 0.2) is 6.10 Å². The summed E-state index contributed by atoms with van der Waals surface area (Å²) in [6.45, 7) is 4.91. The fourth-order valence-corrected chi connectivity index (χ4v) is 5.45. The van der Waals surface area contributed by atoms with E-state index in [1.54, 1.807) is 24.3 Å². The number of nitrogens with zero attached hydrogens (tertiary/aromatic N) is 1. The van der Waals surface area contributed by atoms with Crippen LogP contribution in [-0.4, -0.2) is 48.5 Å². The van der Waals surface area contributed by atoms with Gasteiger partial charge in [-0.05, 0) is 61.5 Å². The first-order chi connectivity index (χ1) is 18.4. The lowest BCUT2D eigenvalue weighted by molar-refractivity contribution is -0.123. The summed E-state index contributed by atoms with van der Waals surface area (Å²) in [6, 6.07) is 16.9. The molecule has 3 aromatic rings. The Hall–Kier alpha value is -4.20. The third-order valence-corrected chi connectivity index (χ3v) is 8.11. The highest BCUT2D eigenvalue weighted by atomic mass is 32.2. The minimum Gasteiger partial charge on any atom is -0.495 e. The Kier molecular flexibility index (Phi) is 9.11. The molecule has 0 fully saturated rings. The molecule has 39 heavy (non-hydrogen) atoms. The molecule has 0 saturated heterocycles. The van der Waals surface area contributed by atoms with Gasteiger partial charge in [0.1, 0.15) is 5.75 Å². The second-order valence-corrected chi connectivity index (χ2v) is 11.6. The quantitative estimate of drug-likeness (QED) is 0.261. The van der Waals surface area contributed by atoms with Crippen LogP contribution in [0.2, 0.25) is 0 Å². The first-order valence-electron chi connectivity index (χ1n) is 11.4. The topological polar surface area (TPSA) is 162 Å². The van der Waals surface area contributed by atoms with Crippen molar-refractivity contribution in [2.45, 2.75) is 22.8 Å². The van der Waals surface area contributed by atoms with Crippen molar-refractivity contribution < 1.29 is 35.9 Å². The van der Waals surface area contributed by atoms with Crippen molar-refractivity contribution in [3.63, 3.8) is 0 Å². The van der Waals surface area contributed by atoms with Crippen LogP contribution in [0.5, 0.6) is 5.75 Å². The number of para-hydroxylation sites is 2. The van der Waals surface area contributed by atoms with E-state index in [2.05, 4.69) is 11.9 Å². The van der Waals surface area contributed by atoms with Crippen LogP contribution < -0.4 is 19.5 Å². The Labute approximate surface area is 226 Å². The van der Waals surface area contributed by atoms with E-state index in [0.717, 1.165) is 10.4 Å². The summed E-state index contributed by atoms with van der Waals surface area (Å²) in [5.74, 6) is -1.28. The third kappa shape index (κ3) is 7.02. The van der Waals surface area contributed by atoms with Crippen molar-refractivity contribution >= 4 is 43.3 Å². The van der Waals surface area contributed by atoms with Crippen molar-refractivity contribution in [1.82, 2.24) is 0 Å². The molecule has 0 aliphatic heterocycles. The van der Waals surface area contributed by atoms with Crippen molar-refractivity contribution in [2.24, 2.45) is 5.14 Å². The molecule has 0 bridgehead atoms. The average Bonchev–Trinajstić information content (AvgIpc) is 2.91. The number of rotatable bonds is 11. The van der Waals surface area contributed by atoms with Gasteiger partial charge in [0.25, 0.3) is 15.9 Å². The van der Waals surface area contributed by atoms with Crippen molar-refractivity contribution in [3.05, 3.63) is 91.0 Å². The molecule has 0 radical (unpaired) electrons. The molecule has 3 N–H and O–H groups in total. The largest absolute Gasteiger partial charge is 0.495 e. The maximum absolute atomic E-state index is 13.5. The molecule has 0 saturated carbocycles. The first-order valence-corrected chi connectivity index (χ1v) is 14.4. The van der Waals surface area contributed by atoms with E-state index < -0.39 is 38.0 Å². The maximum Gasteiger partial charge on any atom is 0.338 e. The summed E-state index contributed by atoms with van der Waals surface area (Å²) in [5, 5.41) is 7.55. The van der Waals surface area contributed by atoms with Crippen LogP contribution in [-0.2, 0) is 29.6 Å². The van der Waals surface area contributed by atoms with E-state index in [-0.39, 0.29) is 33.3 Å². The van der Waals surface area contributed by atoms with Crippen LogP contribution in [0.1, 0.15) is 17.3 Å². The van der Waals surface area contributed by atoms with Crippen LogP contribution in [0, 0.1) is 0 Å². The van der Waals surface area contributed by atoms with E-state index in [1.165, 1.54) is 62.6 Å². The van der Waals surface area contributed by atoms with Crippen molar-refractivity contribution in [3.8, 4) is 5.75 Å². The van der Waals surface area contributed by atoms with Gasteiger partial charge in [-0.1, -0.05) is 24.3 Å². The van der Waals surface area contributed by atoms with Gasteiger partial charge < -0.3 is 14.8 Å². The minimum absolute atomic E-state index is 0.0627. The molecule has 0 aliphatic rings. The molecule has 206 valence electrons. The van der Waals surface area contributed by atoms with Gasteiger partial charge in [-0.2, -0.15) is 0 Å². The SMILES string of the molecule is C=CCN(c1ccccc1OC)S(=O)(=O)c1cccc(C(=O)OC(C)C(=O)Nc2ccc(S(N)(=O)=O)cc2)c1. The fourth-order valence-electron chi connectivity index (χ4n) is 3.44. The van der Waals surface area contributed by atoms with Crippen molar-refractivity contribution in [2.75, 3.05) is 23.3 Å². The highest BCUT2D eigenvalue weighted by molar-refractivity contribution is 7.92. The van der Waals surface area contributed by atoms with E-state index in [4.69, 9.17) is 14.6 Å². The normalized spacial score (nSPS) is 12.2. The minimum atomic E-state index is -4.16. The molecule has 1 amide bonds. The van der Waals surface area contributed by atoms with E-state index >= 15 is 0 Å². The monoisotopic (exact) mass is 573 g/mol. The third-order valence-electron chi connectivity index (χ3n) is 5.41. The molecule has 0 aromatic heterocycles. The van der Waals surface area contributed by atoms with Crippen LogP contribution in [0.25, 0.3) is 0 Å². The summed E-state index contributed by atoms with van der Waals surface area (Å²) >= 11 is 0. The number of carbonyl (C=O) groups excluding carboxylic acids is 2. The Bertz CT molecular complexity index is 1590. The summed E-state index contributed by atoms with van der Waals surface area (Å²) in [7, 11) is -6.63. The number of esters is 1. The number of benzene rings is 3. The van der Waals surface area contributed by atoms with Gasteiger partial charge in [0.05, 0.1) is 34.7 Å². The smallest absolute Gasteiger partial charge is 0.338 e. The Balaban J connectivity index is 1.78. The molecule has 11 nitrogen and oxygen atoms in total. The molecule has 1 atom stereocenters. The lowest BCUT2D eigenvalue weighted by Crippen LogP contribution is -2.32. The second kappa shape index (κ2) is 12.1. The number of methoxy groups -OCH3 is 1. The predicted molar refractivity (Wildman–Crippen MR) is 145 cm³/mol. The lowest BCUT2D eigenvalue weighted by Gasteiger charge is -2.25. The molecule has 3 aromatic carbocycles. The predicted octanol–water partition coefficient (Wildman–Crippen LogP) is 2.91. The zero-order valence-electron chi connectivity index (χ0n) is 21.1. The number of anilines is 2. The molecule has 1 unspecified atom stereocenters. The van der Waals surface area contributed by atoms with Crippen LogP contribution >= 0.6 is 0 Å². The number of amides is 1. The van der Waals surface area contributed by atoms with Crippen LogP contribution in [0.4, 0.5) is 11.4 Å².